The van der Waals surface area contributed by atoms with Crippen LogP contribution in [0.25, 0.3) is 22.1 Å². The van der Waals surface area contributed by atoms with Gasteiger partial charge in [0, 0.05) is 42.4 Å². The Kier molecular flexibility index (Phi) is 7.20. The molecular weight excluding hydrogens is 518 g/mol. The van der Waals surface area contributed by atoms with Gasteiger partial charge >= 0.3 is 0 Å². The molecule has 1 atom stereocenters. The number of morpholine rings is 1. The van der Waals surface area contributed by atoms with Crippen molar-refractivity contribution in [2.45, 2.75) is 13.0 Å². The first-order valence-corrected chi connectivity index (χ1v) is 13.4. The van der Waals surface area contributed by atoms with E-state index >= 15 is 0 Å². The number of nitrogen functional groups attached to an aromatic ring is 1. The van der Waals surface area contributed by atoms with Gasteiger partial charge in [-0.2, -0.15) is 0 Å². The van der Waals surface area contributed by atoms with Gasteiger partial charge in [-0.3, -0.25) is 19.1 Å². The van der Waals surface area contributed by atoms with Crippen molar-refractivity contribution in [3.63, 3.8) is 0 Å². The molecule has 1 unspecified atom stereocenters. The van der Waals surface area contributed by atoms with Crippen LogP contribution in [-0.2, 0) is 4.74 Å². The van der Waals surface area contributed by atoms with Crippen LogP contribution in [-0.4, -0.2) is 62.8 Å². The number of nitrogens with two attached hydrogens (primary N) is 1. The fourth-order valence-electron chi connectivity index (χ4n) is 5.12. The number of nitrogens with zero attached hydrogens (tertiary/aromatic N) is 5. The van der Waals surface area contributed by atoms with Crippen molar-refractivity contribution in [1.29, 1.82) is 0 Å². The molecule has 2 aromatic carbocycles. The number of rotatable bonds is 5. The number of aromatic nitrogens is 4. The molecule has 3 N–H and O–H groups in total. The van der Waals surface area contributed by atoms with Gasteiger partial charge in [0.2, 0.25) is 0 Å². The number of hydrogen-bond donors (Lipinski definition) is 2. The second-order valence-electron chi connectivity index (χ2n) is 9.85. The maximum Gasteiger partial charge on any atom is 0.264 e. The minimum absolute atomic E-state index is 0.0765. The number of anilines is 1. The molecule has 1 aliphatic heterocycles. The molecule has 10 nitrogen and oxygen atoms in total. The third-order valence-corrected chi connectivity index (χ3v) is 7.16. The third kappa shape index (κ3) is 5.16. The summed E-state index contributed by atoms with van der Waals surface area (Å²) < 4.78 is 8.52. The molecule has 6 rings (SSSR count). The maximum atomic E-state index is 14.2. The fraction of sp³-hybridized carbons (Fsp3) is 0.226. The Bertz CT molecular complexity index is 1860. The van der Waals surface area contributed by atoms with Crippen LogP contribution in [0.1, 0.15) is 34.6 Å². The van der Waals surface area contributed by atoms with Gasteiger partial charge in [0.15, 0.2) is 11.5 Å². The Hall–Kier alpha value is -4.98. The lowest BCUT2D eigenvalue weighted by Gasteiger charge is -2.24. The van der Waals surface area contributed by atoms with Crippen molar-refractivity contribution in [1.82, 2.24) is 29.4 Å². The Morgan fingerprint density at radius 2 is 1.93 bits per heavy atom. The minimum Gasteiger partial charge on any atom is -0.381 e. The van der Waals surface area contributed by atoms with Gasteiger partial charge < -0.3 is 15.8 Å². The standard InChI is InChI=1S/C31H29N7O3/c1-21(34-30(39)27-28(32)35-37-15-7-13-33-29(27)37)25-20-23-9-5-8-22(10-6-14-36-16-18-41-19-17-36)26(23)31(40)38(25)24-11-3-2-4-12-24/h2-5,7-9,11-13,15,20-21H,14,16-19H2,1H3,(H2,32,35)(H,34,39). The van der Waals surface area contributed by atoms with Crippen LogP contribution >= 0.6 is 0 Å². The van der Waals surface area contributed by atoms with Gasteiger partial charge in [-0.15, -0.1) is 5.10 Å². The van der Waals surface area contributed by atoms with Gasteiger partial charge in [-0.05, 0) is 42.6 Å². The third-order valence-electron chi connectivity index (χ3n) is 7.16. The molecule has 10 heteroatoms. The summed E-state index contributed by atoms with van der Waals surface area (Å²) in [4.78, 5) is 34.1. The average molecular weight is 548 g/mol. The van der Waals surface area contributed by atoms with E-state index in [0.717, 1.165) is 18.5 Å². The van der Waals surface area contributed by atoms with Gasteiger partial charge in [0.1, 0.15) is 5.56 Å². The quantitative estimate of drug-likeness (QED) is 0.325. The van der Waals surface area contributed by atoms with Crippen LogP contribution in [0.4, 0.5) is 5.82 Å². The van der Waals surface area contributed by atoms with E-state index in [2.05, 4.69) is 32.1 Å². The number of fused-ring (bicyclic) bond motifs is 2. The Morgan fingerprint density at radius 3 is 2.73 bits per heavy atom. The van der Waals surface area contributed by atoms with E-state index in [9.17, 15) is 9.59 Å². The lowest BCUT2D eigenvalue weighted by atomic mass is 10.0. The lowest BCUT2D eigenvalue weighted by Crippen LogP contribution is -2.36. The minimum atomic E-state index is -0.561. The number of para-hydroxylation sites is 1. The van der Waals surface area contributed by atoms with E-state index in [1.807, 2.05) is 61.5 Å². The first kappa shape index (κ1) is 26.3. The monoisotopic (exact) mass is 547 g/mol. The smallest absolute Gasteiger partial charge is 0.264 e. The number of hydrogen-bond acceptors (Lipinski definition) is 7. The van der Waals surface area contributed by atoms with Gasteiger partial charge in [-0.25, -0.2) is 9.50 Å². The summed E-state index contributed by atoms with van der Waals surface area (Å²) in [5.74, 6) is 6.11. The molecule has 4 heterocycles. The zero-order chi connectivity index (χ0) is 28.3. The van der Waals surface area contributed by atoms with Gasteiger partial charge in [-0.1, -0.05) is 42.2 Å². The van der Waals surface area contributed by atoms with Gasteiger partial charge in [0.05, 0.1) is 31.2 Å². The molecule has 41 heavy (non-hydrogen) atoms. The SMILES string of the molecule is CC(NC(=O)c1c(N)nn2cccnc12)c1cc2cccc(C#CCN3CCOCC3)c2c(=O)n1-c1ccccc1. The number of benzene rings is 2. The second kappa shape index (κ2) is 11.3. The predicted octanol–water partition coefficient (Wildman–Crippen LogP) is 2.79. The molecule has 5 aromatic rings. The van der Waals surface area contributed by atoms with Crippen LogP contribution in [0.2, 0.25) is 0 Å². The zero-order valence-corrected chi connectivity index (χ0v) is 22.6. The predicted molar refractivity (Wildman–Crippen MR) is 157 cm³/mol. The van der Waals surface area contributed by atoms with Crippen molar-refractivity contribution >= 4 is 28.1 Å². The highest BCUT2D eigenvalue weighted by atomic mass is 16.5. The van der Waals surface area contributed by atoms with E-state index < -0.39 is 11.9 Å². The molecule has 0 spiro atoms. The summed E-state index contributed by atoms with van der Waals surface area (Å²) >= 11 is 0. The maximum absolute atomic E-state index is 14.2. The molecule has 0 saturated carbocycles. The molecule has 1 aliphatic rings. The summed E-state index contributed by atoms with van der Waals surface area (Å²) in [6.45, 7) is 5.53. The van der Waals surface area contributed by atoms with Crippen LogP contribution < -0.4 is 16.6 Å². The van der Waals surface area contributed by atoms with Crippen molar-refractivity contribution in [2.75, 3.05) is 38.6 Å². The van der Waals surface area contributed by atoms with Crippen molar-refractivity contribution in [3.8, 4) is 17.5 Å². The highest BCUT2D eigenvalue weighted by molar-refractivity contribution is 6.04. The zero-order valence-electron chi connectivity index (χ0n) is 22.6. The molecule has 0 radical (unpaired) electrons. The number of nitrogens with one attached hydrogen (secondary N) is 1. The normalized spacial score (nSPS) is 14.5. The number of ether oxygens (including phenoxy) is 1. The highest BCUT2D eigenvalue weighted by Crippen LogP contribution is 2.24. The van der Waals surface area contributed by atoms with Crippen molar-refractivity contribution < 1.29 is 9.53 Å². The average Bonchev–Trinajstić information content (AvgIpc) is 3.33. The number of amides is 1. The molecule has 206 valence electrons. The topological polar surface area (TPSA) is 120 Å². The lowest BCUT2D eigenvalue weighted by molar-refractivity contribution is 0.0443. The molecular formula is C31H29N7O3. The molecule has 3 aromatic heterocycles. The van der Waals surface area contributed by atoms with Gasteiger partial charge in [0.25, 0.3) is 11.5 Å². The van der Waals surface area contributed by atoms with Crippen molar-refractivity contribution in [2.24, 2.45) is 0 Å². The van der Waals surface area contributed by atoms with Crippen molar-refractivity contribution in [3.05, 3.63) is 100 Å². The summed E-state index contributed by atoms with van der Waals surface area (Å²) in [5, 5.41) is 8.47. The molecule has 0 bridgehead atoms. The summed E-state index contributed by atoms with van der Waals surface area (Å²) in [6.07, 6.45) is 3.26. The largest absolute Gasteiger partial charge is 0.381 e. The number of carbonyl (C=O) groups is 1. The number of pyridine rings is 1. The number of carbonyl (C=O) groups excluding carboxylic acids is 1. The van der Waals surface area contributed by atoms with E-state index in [-0.39, 0.29) is 16.9 Å². The van der Waals surface area contributed by atoms with E-state index in [1.165, 1.54) is 4.52 Å². The Labute approximate surface area is 236 Å². The molecule has 1 saturated heterocycles. The van der Waals surface area contributed by atoms with Crippen LogP contribution in [0.15, 0.2) is 77.9 Å². The van der Waals surface area contributed by atoms with E-state index in [1.54, 1.807) is 23.0 Å². The van der Waals surface area contributed by atoms with E-state index in [4.69, 9.17) is 10.5 Å². The molecule has 0 aliphatic carbocycles. The Balaban J connectivity index is 1.41. The molecule has 1 amide bonds. The van der Waals surface area contributed by atoms with Crippen LogP contribution in [0, 0.1) is 11.8 Å². The summed E-state index contributed by atoms with van der Waals surface area (Å²) in [7, 11) is 0. The van der Waals surface area contributed by atoms with E-state index in [0.29, 0.717) is 47.7 Å². The molecule has 1 fully saturated rings. The van der Waals surface area contributed by atoms with Crippen LogP contribution in [0.5, 0.6) is 0 Å². The van der Waals surface area contributed by atoms with Crippen LogP contribution in [0.3, 0.4) is 0 Å². The fourth-order valence-corrected chi connectivity index (χ4v) is 5.12. The second-order valence-corrected chi connectivity index (χ2v) is 9.85. The summed E-state index contributed by atoms with van der Waals surface area (Å²) in [5.41, 5.74) is 8.38. The first-order valence-electron chi connectivity index (χ1n) is 13.4. The first-order chi connectivity index (χ1) is 20.0. The summed E-state index contributed by atoms with van der Waals surface area (Å²) in [6, 6.07) is 18.1. The highest BCUT2D eigenvalue weighted by Gasteiger charge is 2.24. The Morgan fingerprint density at radius 1 is 1.12 bits per heavy atom.